The molecule has 1 aliphatic rings. The molecule has 1 rings (SSSR count). The van der Waals surface area contributed by atoms with E-state index in [0.29, 0.717) is 0 Å². The maximum Gasteiger partial charge on any atom is 0.224 e. The third-order valence-electron chi connectivity index (χ3n) is 3.20. The van der Waals surface area contributed by atoms with Gasteiger partial charge in [-0.15, -0.1) is 12.4 Å². The standard InChI is InChI=1S/C12H24N2O.ClH/c1-5-10(12(2,3)4)14-11(15)9-6-7-13-8-9;/h9-10,13H,5-8H2,1-4H3,(H,14,15);1H. The lowest BCUT2D eigenvalue weighted by molar-refractivity contribution is -0.125. The number of hydrogen-bond acceptors (Lipinski definition) is 2. The van der Waals surface area contributed by atoms with E-state index in [1.807, 2.05) is 0 Å². The van der Waals surface area contributed by atoms with Crippen LogP contribution in [0, 0.1) is 11.3 Å². The molecule has 0 aromatic heterocycles. The maximum absolute atomic E-state index is 11.9. The van der Waals surface area contributed by atoms with Gasteiger partial charge in [-0.05, 0) is 24.8 Å². The van der Waals surface area contributed by atoms with E-state index in [4.69, 9.17) is 0 Å². The van der Waals surface area contributed by atoms with Gasteiger partial charge in [0.1, 0.15) is 0 Å². The van der Waals surface area contributed by atoms with Gasteiger partial charge in [-0.2, -0.15) is 0 Å². The number of amides is 1. The summed E-state index contributed by atoms with van der Waals surface area (Å²) in [7, 11) is 0. The van der Waals surface area contributed by atoms with E-state index in [0.717, 1.165) is 25.9 Å². The van der Waals surface area contributed by atoms with Gasteiger partial charge in [-0.1, -0.05) is 27.7 Å². The Labute approximate surface area is 105 Å². The van der Waals surface area contributed by atoms with Gasteiger partial charge in [0.25, 0.3) is 0 Å². The lowest BCUT2D eigenvalue weighted by atomic mass is 9.85. The number of carbonyl (C=O) groups excluding carboxylic acids is 1. The third-order valence-corrected chi connectivity index (χ3v) is 3.20. The minimum Gasteiger partial charge on any atom is -0.353 e. The average Bonchev–Trinajstić information content (AvgIpc) is 2.64. The molecule has 2 atom stereocenters. The first-order valence-corrected chi connectivity index (χ1v) is 5.96. The van der Waals surface area contributed by atoms with Crippen LogP contribution in [0.5, 0.6) is 0 Å². The molecule has 0 saturated carbocycles. The molecule has 2 unspecified atom stereocenters. The second-order valence-electron chi connectivity index (χ2n) is 5.53. The van der Waals surface area contributed by atoms with Gasteiger partial charge in [-0.3, -0.25) is 4.79 Å². The highest BCUT2D eigenvalue weighted by molar-refractivity contribution is 5.85. The first-order valence-electron chi connectivity index (χ1n) is 5.96. The van der Waals surface area contributed by atoms with Crippen LogP contribution in [0.25, 0.3) is 0 Å². The predicted octanol–water partition coefficient (Wildman–Crippen LogP) is 1.96. The molecular formula is C12H25ClN2O. The van der Waals surface area contributed by atoms with Crippen LogP contribution in [-0.4, -0.2) is 25.0 Å². The molecule has 2 N–H and O–H groups in total. The third kappa shape index (κ3) is 4.30. The molecule has 0 spiro atoms. The van der Waals surface area contributed by atoms with Crippen molar-refractivity contribution in [3.63, 3.8) is 0 Å². The van der Waals surface area contributed by atoms with Crippen LogP contribution in [-0.2, 0) is 4.79 Å². The van der Waals surface area contributed by atoms with E-state index < -0.39 is 0 Å². The lowest BCUT2D eigenvalue weighted by Gasteiger charge is -2.31. The molecule has 0 bridgehead atoms. The maximum atomic E-state index is 11.9. The number of hydrogen-bond donors (Lipinski definition) is 2. The Hall–Kier alpha value is -0.280. The monoisotopic (exact) mass is 248 g/mol. The summed E-state index contributed by atoms with van der Waals surface area (Å²) < 4.78 is 0. The highest BCUT2D eigenvalue weighted by Gasteiger charge is 2.28. The highest BCUT2D eigenvalue weighted by Crippen LogP contribution is 2.22. The van der Waals surface area contributed by atoms with Crippen LogP contribution >= 0.6 is 12.4 Å². The summed E-state index contributed by atoms with van der Waals surface area (Å²) in [6.45, 7) is 10.5. The van der Waals surface area contributed by atoms with E-state index in [1.165, 1.54) is 0 Å². The van der Waals surface area contributed by atoms with Gasteiger partial charge >= 0.3 is 0 Å². The average molecular weight is 249 g/mol. The largest absolute Gasteiger partial charge is 0.353 e. The van der Waals surface area contributed by atoms with Crippen LogP contribution in [0.4, 0.5) is 0 Å². The first kappa shape index (κ1) is 15.7. The Morgan fingerprint density at radius 1 is 1.50 bits per heavy atom. The molecular weight excluding hydrogens is 224 g/mol. The number of nitrogens with one attached hydrogen (secondary N) is 2. The van der Waals surface area contributed by atoms with Gasteiger partial charge in [0.2, 0.25) is 5.91 Å². The Kier molecular flexibility index (Phi) is 6.34. The summed E-state index contributed by atoms with van der Waals surface area (Å²) in [5.41, 5.74) is 0.149. The summed E-state index contributed by atoms with van der Waals surface area (Å²) >= 11 is 0. The van der Waals surface area contributed by atoms with Gasteiger partial charge in [0, 0.05) is 12.6 Å². The summed E-state index contributed by atoms with van der Waals surface area (Å²) in [4.78, 5) is 11.9. The van der Waals surface area contributed by atoms with Crippen molar-refractivity contribution >= 4 is 18.3 Å². The van der Waals surface area contributed by atoms with Crippen molar-refractivity contribution in [2.45, 2.75) is 46.6 Å². The minimum atomic E-state index is 0. The summed E-state index contributed by atoms with van der Waals surface area (Å²) in [5.74, 6) is 0.406. The fourth-order valence-electron chi connectivity index (χ4n) is 2.10. The van der Waals surface area contributed by atoms with Crippen molar-refractivity contribution < 1.29 is 4.79 Å². The molecule has 1 fully saturated rings. The molecule has 4 heteroatoms. The molecule has 1 saturated heterocycles. The normalized spacial score (nSPS) is 22.4. The van der Waals surface area contributed by atoms with Crippen LogP contribution in [0.15, 0.2) is 0 Å². The zero-order chi connectivity index (χ0) is 11.5. The second-order valence-corrected chi connectivity index (χ2v) is 5.53. The number of carbonyl (C=O) groups is 1. The zero-order valence-electron chi connectivity index (χ0n) is 10.8. The highest BCUT2D eigenvalue weighted by atomic mass is 35.5. The van der Waals surface area contributed by atoms with Gasteiger partial charge < -0.3 is 10.6 Å². The van der Waals surface area contributed by atoms with Gasteiger partial charge in [0.05, 0.1) is 5.92 Å². The second kappa shape index (κ2) is 6.45. The van der Waals surface area contributed by atoms with E-state index in [1.54, 1.807) is 0 Å². The van der Waals surface area contributed by atoms with Crippen molar-refractivity contribution in [1.29, 1.82) is 0 Å². The molecule has 0 aliphatic carbocycles. The topological polar surface area (TPSA) is 41.1 Å². The Morgan fingerprint density at radius 2 is 2.12 bits per heavy atom. The van der Waals surface area contributed by atoms with Crippen molar-refractivity contribution in [2.24, 2.45) is 11.3 Å². The van der Waals surface area contributed by atoms with Crippen molar-refractivity contribution in [1.82, 2.24) is 10.6 Å². The van der Waals surface area contributed by atoms with Crippen molar-refractivity contribution in [3.8, 4) is 0 Å². The SMILES string of the molecule is CCC(NC(=O)C1CCNC1)C(C)(C)C.Cl. The fourth-order valence-corrected chi connectivity index (χ4v) is 2.10. The molecule has 1 heterocycles. The van der Waals surface area contributed by atoms with E-state index in [9.17, 15) is 4.79 Å². The molecule has 3 nitrogen and oxygen atoms in total. The number of rotatable bonds is 3. The van der Waals surface area contributed by atoms with Crippen LogP contribution in [0.1, 0.15) is 40.5 Å². The van der Waals surface area contributed by atoms with Gasteiger partial charge in [-0.25, -0.2) is 0 Å². The molecule has 0 aromatic carbocycles. The van der Waals surface area contributed by atoms with E-state index in [2.05, 4.69) is 38.3 Å². The van der Waals surface area contributed by atoms with Gasteiger partial charge in [0.15, 0.2) is 0 Å². The summed E-state index contributed by atoms with van der Waals surface area (Å²) in [6.07, 6.45) is 1.97. The predicted molar refractivity (Wildman–Crippen MR) is 69.9 cm³/mol. The smallest absolute Gasteiger partial charge is 0.224 e. The minimum absolute atomic E-state index is 0. The molecule has 1 amide bonds. The summed E-state index contributed by atoms with van der Waals surface area (Å²) in [5, 5.41) is 6.39. The number of halogens is 1. The van der Waals surface area contributed by atoms with Crippen LogP contribution < -0.4 is 10.6 Å². The quantitative estimate of drug-likeness (QED) is 0.802. The zero-order valence-corrected chi connectivity index (χ0v) is 11.6. The molecule has 16 heavy (non-hydrogen) atoms. The van der Waals surface area contributed by atoms with Crippen molar-refractivity contribution in [2.75, 3.05) is 13.1 Å². The molecule has 0 radical (unpaired) electrons. The van der Waals surface area contributed by atoms with Crippen LogP contribution in [0.3, 0.4) is 0 Å². The Balaban J connectivity index is 0.00000225. The molecule has 96 valence electrons. The Morgan fingerprint density at radius 3 is 2.50 bits per heavy atom. The molecule has 1 aliphatic heterocycles. The van der Waals surface area contributed by atoms with E-state index >= 15 is 0 Å². The van der Waals surface area contributed by atoms with Crippen LogP contribution in [0.2, 0.25) is 0 Å². The Bertz CT molecular complexity index is 220. The first-order chi connectivity index (χ1) is 6.95. The fraction of sp³-hybridized carbons (Fsp3) is 0.917. The lowest BCUT2D eigenvalue weighted by Crippen LogP contribution is -2.46. The van der Waals surface area contributed by atoms with E-state index in [-0.39, 0.29) is 35.7 Å². The molecule has 0 aromatic rings. The summed E-state index contributed by atoms with van der Waals surface area (Å²) in [6, 6.07) is 0.283. The van der Waals surface area contributed by atoms with Crippen molar-refractivity contribution in [3.05, 3.63) is 0 Å².